The molecule has 2 aromatic heterocycles. The molecule has 1 aliphatic rings. The molecule has 9 heteroatoms. The van der Waals surface area contributed by atoms with Gasteiger partial charge in [0.1, 0.15) is 5.75 Å². The Kier molecular flexibility index (Phi) is 5.83. The van der Waals surface area contributed by atoms with E-state index in [0.717, 1.165) is 12.8 Å². The van der Waals surface area contributed by atoms with Crippen LogP contribution in [0.5, 0.6) is 11.6 Å². The maximum Gasteiger partial charge on any atom is 0.290 e. The molecule has 1 fully saturated rings. The summed E-state index contributed by atoms with van der Waals surface area (Å²) in [6.45, 7) is 3.97. The van der Waals surface area contributed by atoms with Crippen molar-refractivity contribution in [1.29, 1.82) is 0 Å². The molecule has 3 aromatic rings. The molecular formula is C22H23N5O4. The van der Waals surface area contributed by atoms with E-state index in [1.807, 2.05) is 6.92 Å². The van der Waals surface area contributed by atoms with Crippen molar-refractivity contribution in [1.82, 2.24) is 14.6 Å². The van der Waals surface area contributed by atoms with E-state index in [2.05, 4.69) is 20.7 Å². The zero-order valence-electron chi connectivity index (χ0n) is 17.3. The van der Waals surface area contributed by atoms with Crippen LogP contribution in [0.2, 0.25) is 0 Å². The standard InChI is InChI=1S/C22H23N5O4/c1-3-17(30-4-2)22(29)23-15-6-5-7-16(12-15)31-20-11-10-19-24-18(13-27(19)26-20)25-21(28)14-8-9-14/h3,5-7,10-14H,4,8-9H2,1-2H3,(H,23,29)(H,25,28)/b17-3-. The van der Waals surface area contributed by atoms with Crippen molar-refractivity contribution in [2.24, 2.45) is 5.92 Å². The molecule has 0 saturated heterocycles. The molecule has 0 atom stereocenters. The predicted molar refractivity (Wildman–Crippen MR) is 115 cm³/mol. The number of nitrogens with one attached hydrogen (secondary N) is 2. The molecule has 2 amide bonds. The fraction of sp³-hybridized carbons (Fsp3) is 0.273. The number of rotatable bonds is 8. The maximum absolute atomic E-state index is 12.3. The highest BCUT2D eigenvalue weighted by Gasteiger charge is 2.30. The van der Waals surface area contributed by atoms with E-state index in [-0.39, 0.29) is 23.5 Å². The minimum atomic E-state index is -0.333. The number of hydrogen-bond acceptors (Lipinski definition) is 6. The van der Waals surface area contributed by atoms with Crippen LogP contribution in [0.25, 0.3) is 5.65 Å². The average molecular weight is 421 g/mol. The minimum absolute atomic E-state index is 0.0100. The van der Waals surface area contributed by atoms with Crippen molar-refractivity contribution in [3.05, 3.63) is 54.4 Å². The largest absolute Gasteiger partial charge is 0.488 e. The van der Waals surface area contributed by atoms with Gasteiger partial charge in [0.15, 0.2) is 17.2 Å². The summed E-state index contributed by atoms with van der Waals surface area (Å²) >= 11 is 0. The molecule has 1 saturated carbocycles. The number of fused-ring (bicyclic) bond motifs is 1. The van der Waals surface area contributed by atoms with Gasteiger partial charge in [-0.25, -0.2) is 9.50 Å². The molecular weight excluding hydrogens is 398 g/mol. The van der Waals surface area contributed by atoms with Crippen LogP contribution in [-0.2, 0) is 14.3 Å². The molecule has 0 radical (unpaired) electrons. The van der Waals surface area contributed by atoms with Crippen LogP contribution < -0.4 is 15.4 Å². The van der Waals surface area contributed by atoms with Gasteiger partial charge in [-0.2, -0.15) is 0 Å². The van der Waals surface area contributed by atoms with E-state index < -0.39 is 0 Å². The highest BCUT2D eigenvalue weighted by molar-refractivity contribution is 6.02. The first-order valence-corrected chi connectivity index (χ1v) is 10.1. The molecule has 31 heavy (non-hydrogen) atoms. The SMILES string of the molecule is C/C=C(\OCC)C(=O)Nc1cccc(Oc2ccc3nc(NC(=O)C4CC4)cn3n2)c1. The fourth-order valence-electron chi connectivity index (χ4n) is 2.94. The molecule has 1 aliphatic carbocycles. The van der Waals surface area contributed by atoms with Crippen molar-refractivity contribution in [2.45, 2.75) is 26.7 Å². The molecule has 2 N–H and O–H groups in total. The molecule has 0 spiro atoms. The number of ether oxygens (including phenoxy) is 2. The second-order valence-corrected chi connectivity index (χ2v) is 7.03. The first kappa shape index (κ1) is 20.4. The lowest BCUT2D eigenvalue weighted by Crippen LogP contribution is -2.16. The Morgan fingerprint density at radius 3 is 2.81 bits per heavy atom. The lowest BCUT2D eigenvalue weighted by molar-refractivity contribution is -0.117. The number of allylic oxidation sites excluding steroid dienone is 1. The summed E-state index contributed by atoms with van der Waals surface area (Å²) in [5.74, 6) is 1.32. The average Bonchev–Trinajstić information content (AvgIpc) is 3.53. The second kappa shape index (κ2) is 8.86. The quantitative estimate of drug-likeness (QED) is 0.424. The molecule has 1 aromatic carbocycles. The van der Waals surface area contributed by atoms with Crippen LogP contribution in [0.3, 0.4) is 0 Å². The summed E-state index contributed by atoms with van der Waals surface area (Å²) in [5, 5.41) is 9.96. The molecule has 2 heterocycles. The number of amides is 2. The molecule has 160 valence electrons. The Morgan fingerprint density at radius 2 is 2.06 bits per heavy atom. The molecule has 9 nitrogen and oxygen atoms in total. The lowest BCUT2D eigenvalue weighted by Gasteiger charge is -2.10. The van der Waals surface area contributed by atoms with Gasteiger partial charge in [-0.3, -0.25) is 9.59 Å². The summed E-state index contributed by atoms with van der Waals surface area (Å²) in [5.41, 5.74) is 1.16. The fourth-order valence-corrected chi connectivity index (χ4v) is 2.94. The molecule has 0 aliphatic heterocycles. The van der Waals surface area contributed by atoms with Crippen molar-refractivity contribution in [3.63, 3.8) is 0 Å². The van der Waals surface area contributed by atoms with Gasteiger partial charge in [0.05, 0.1) is 12.8 Å². The topological polar surface area (TPSA) is 107 Å². The summed E-state index contributed by atoms with van der Waals surface area (Å²) in [4.78, 5) is 28.5. The Balaban J connectivity index is 1.45. The first-order chi connectivity index (χ1) is 15.1. The van der Waals surface area contributed by atoms with Crippen molar-refractivity contribution >= 4 is 29.0 Å². The monoisotopic (exact) mass is 421 g/mol. The number of anilines is 2. The van der Waals surface area contributed by atoms with Gasteiger partial charge in [0.2, 0.25) is 11.8 Å². The van der Waals surface area contributed by atoms with Gasteiger partial charge in [0.25, 0.3) is 5.91 Å². The summed E-state index contributed by atoms with van der Waals surface area (Å²) < 4.78 is 12.7. The van der Waals surface area contributed by atoms with E-state index in [0.29, 0.717) is 35.4 Å². The maximum atomic E-state index is 12.3. The van der Waals surface area contributed by atoms with E-state index in [1.165, 1.54) is 0 Å². The van der Waals surface area contributed by atoms with Crippen LogP contribution in [0, 0.1) is 5.92 Å². The van der Waals surface area contributed by atoms with E-state index in [4.69, 9.17) is 9.47 Å². The number of imidazole rings is 1. The zero-order chi connectivity index (χ0) is 21.8. The Bertz CT molecular complexity index is 1150. The number of carbonyl (C=O) groups excluding carboxylic acids is 2. The van der Waals surface area contributed by atoms with Gasteiger partial charge in [-0.15, -0.1) is 5.10 Å². The Labute approximate surface area is 179 Å². The number of aromatic nitrogens is 3. The summed E-state index contributed by atoms with van der Waals surface area (Å²) in [6, 6.07) is 10.4. The molecule has 0 bridgehead atoms. The molecule has 0 unspecified atom stereocenters. The van der Waals surface area contributed by atoms with E-state index in [9.17, 15) is 9.59 Å². The summed E-state index contributed by atoms with van der Waals surface area (Å²) in [7, 11) is 0. The number of hydrogen-bond donors (Lipinski definition) is 2. The van der Waals surface area contributed by atoms with Crippen molar-refractivity contribution < 1.29 is 19.1 Å². The van der Waals surface area contributed by atoms with Gasteiger partial charge >= 0.3 is 0 Å². The Morgan fingerprint density at radius 1 is 1.23 bits per heavy atom. The van der Waals surface area contributed by atoms with E-state index in [1.54, 1.807) is 60.1 Å². The highest BCUT2D eigenvalue weighted by Crippen LogP contribution is 2.30. The van der Waals surface area contributed by atoms with Crippen molar-refractivity contribution in [3.8, 4) is 11.6 Å². The summed E-state index contributed by atoms with van der Waals surface area (Å²) in [6.07, 6.45) is 5.11. The smallest absolute Gasteiger partial charge is 0.290 e. The van der Waals surface area contributed by atoms with Gasteiger partial charge in [-0.1, -0.05) is 6.07 Å². The normalized spacial score (nSPS) is 13.7. The van der Waals surface area contributed by atoms with Crippen LogP contribution in [0.1, 0.15) is 26.7 Å². The third-order valence-corrected chi connectivity index (χ3v) is 4.60. The van der Waals surface area contributed by atoms with Gasteiger partial charge < -0.3 is 20.1 Å². The number of benzene rings is 1. The van der Waals surface area contributed by atoms with Crippen molar-refractivity contribution in [2.75, 3.05) is 17.2 Å². The lowest BCUT2D eigenvalue weighted by atomic mass is 10.3. The van der Waals surface area contributed by atoms with Gasteiger partial charge in [0, 0.05) is 23.7 Å². The third kappa shape index (κ3) is 5.00. The first-order valence-electron chi connectivity index (χ1n) is 10.1. The highest BCUT2D eigenvalue weighted by atomic mass is 16.5. The van der Waals surface area contributed by atoms with Crippen LogP contribution in [0.4, 0.5) is 11.5 Å². The van der Waals surface area contributed by atoms with Gasteiger partial charge in [-0.05, 0) is 51.0 Å². The Hall–Kier alpha value is -3.88. The number of nitrogens with zero attached hydrogens (tertiary/aromatic N) is 3. The second-order valence-electron chi connectivity index (χ2n) is 7.03. The zero-order valence-corrected chi connectivity index (χ0v) is 17.3. The molecule has 4 rings (SSSR count). The van der Waals surface area contributed by atoms with Crippen LogP contribution >= 0.6 is 0 Å². The van der Waals surface area contributed by atoms with Crippen LogP contribution in [0.15, 0.2) is 54.4 Å². The van der Waals surface area contributed by atoms with E-state index >= 15 is 0 Å². The minimum Gasteiger partial charge on any atom is -0.488 e. The predicted octanol–water partition coefficient (Wildman–Crippen LogP) is 3.75. The number of carbonyl (C=O) groups is 2. The van der Waals surface area contributed by atoms with Crippen LogP contribution in [-0.4, -0.2) is 33.0 Å². The third-order valence-electron chi connectivity index (χ3n) is 4.60.